The number of aromatic nitrogens is 2. The summed E-state index contributed by atoms with van der Waals surface area (Å²) in [6, 6.07) is -0.196. The van der Waals surface area contributed by atoms with Crippen LogP contribution in [0.5, 0.6) is 0 Å². The molecule has 0 radical (unpaired) electrons. The summed E-state index contributed by atoms with van der Waals surface area (Å²) >= 11 is 0. The summed E-state index contributed by atoms with van der Waals surface area (Å²) in [7, 11) is 0. The molecule has 10 heteroatoms. The van der Waals surface area contributed by atoms with Crippen molar-refractivity contribution < 1.29 is 29.0 Å². The van der Waals surface area contributed by atoms with E-state index in [1.165, 1.54) is 0 Å². The van der Waals surface area contributed by atoms with Crippen LogP contribution in [0.25, 0.3) is 0 Å². The summed E-state index contributed by atoms with van der Waals surface area (Å²) in [6.07, 6.45) is 5.04. The molecular formula is C18H26N4O6. The van der Waals surface area contributed by atoms with E-state index in [-0.39, 0.29) is 42.7 Å². The van der Waals surface area contributed by atoms with Gasteiger partial charge in [-0.15, -0.1) is 0 Å². The van der Waals surface area contributed by atoms with Crippen LogP contribution in [0.15, 0.2) is 30.2 Å². The molecule has 1 fully saturated rings. The maximum atomic E-state index is 12.8. The molecule has 1 saturated heterocycles. The van der Waals surface area contributed by atoms with E-state index in [1.54, 1.807) is 35.1 Å². The van der Waals surface area contributed by atoms with Crippen LogP contribution in [0, 0.1) is 0 Å². The molecule has 1 N–H and O–H groups in total. The molecule has 2 atom stereocenters. The van der Waals surface area contributed by atoms with E-state index in [9.17, 15) is 9.59 Å². The molecule has 0 unspecified atom stereocenters. The van der Waals surface area contributed by atoms with Crippen LogP contribution in [0.4, 0.5) is 0 Å². The van der Waals surface area contributed by atoms with E-state index >= 15 is 0 Å². The Bertz CT molecular complexity index is 718. The molecule has 1 aromatic heterocycles. The number of allylic oxidation sites excluding steroid dienone is 1. The van der Waals surface area contributed by atoms with Crippen LogP contribution in [0.2, 0.25) is 0 Å². The monoisotopic (exact) mass is 394 g/mol. The third-order valence-corrected chi connectivity index (χ3v) is 4.88. The Morgan fingerprint density at radius 2 is 1.82 bits per heavy atom. The summed E-state index contributed by atoms with van der Waals surface area (Å²) in [5, 5.41) is 6.89. The SMILES string of the molecule is CC1=C(C(=O)N2CCN(C(=O)Cn3ccnc3)[C@H](C)[C@@H]2C)OCCO1.O=CO. The second kappa shape index (κ2) is 9.77. The second-order valence-electron chi connectivity index (χ2n) is 6.49. The van der Waals surface area contributed by atoms with Gasteiger partial charge in [-0.3, -0.25) is 14.4 Å². The number of amides is 2. The zero-order chi connectivity index (χ0) is 20.7. The van der Waals surface area contributed by atoms with Gasteiger partial charge in [-0.2, -0.15) is 0 Å². The number of hydrogen-bond acceptors (Lipinski definition) is 6. The highest BCUT2D eigenvalue weighted by atomic mass is 16.6. The van der Waals surface area contributed by atoms with Gasteiger partial charge in [0.05, 0.1) is 6.33 Å². The Kier molecular flexibility index (Phi) is 7.42. The number of piperazine rings is 1. The number of nitrogens with zero attached hydrogens (tertiary/aromatic N) is 4. The average molecular weight is 394 g/mol. The number of ether oxygens (including phenoxy) is 2. The standard InChI is InChI=1S/C17H24N4O4.CH2O2/c1-12-13(2)21(17(23)16-14(3)24-8-9-25-16)7-6-20(12)15(22)10-19-5-4-18-11-19;2-1-3/h4-5,11-13H,6-10H2,1-3H3;1H,(H,2,3)/t12-,13+;/m1./s1. The molecule has 0 aromatic carbocycles. The van der Waals surface area contributed by atoms with Gasteiger partial charge in [-0.25, -0.2) is 4.98 Å². The maximum Gasteiger partial charge on any atom is 0.292 e. The Hall–Kier alpha value is -3.04. The van der Waals surface area contributed by atoms with Crippen LogP contribution >= 0.6 is 0 Å². The van der Waals surface area contributed by atoms with Crippen molar-refractivity contribution in [2.45, 2.75) is 39.4 Å². The molecule has 154 valence electrons. The largest absolute Gasteiger partial charge is 0.491 e. The van der Waals surface area contributed by atoms with Crippen LogP contribution in [0.1, 0.15) is 20.8 Å². The molecule has 2 aliphatic heterocycles. The Morgan fingerprint density at radius 1 is 1.21 bits per heavy atom. The smallest absolute Gasteiger partial charge is 0.292 e. The highest BCUT2D eigenvalue weighted by Gasteiger charge is 2.38. The second-order valence-corrected chi connectivity index (χ2v) is 6.49. The van der Waals surface area contributed by atoms with Gasteiger partial charge in [-0.1, -0.05) is 0 Å². The number of hydrogen-bond donors (Lipinski definition) is 1. The van der Waals surface area contributed by atoms with Crippen molar-refractivity contribution in [2.24, 2.45) is 0 Å². The first-order valence-electron chi connectivity index (χ1n) is 9.01. The highest BCUT2D eigenvalue weighted by Crippen LogP contribution is 2.23. The van der Waals surface area contributed by atoms with Crippen LogP contribution in [-0.4, -0.2) is 81.1 Å². The zero-order valence-electron chi connectivity index (χ0n) is 16.3. The summed E-state index contributed by atoms with van der Waals surface area (Å²) in [5.41, 5.74) is 0. The van der Waals surface area contributed by atoms with E-state index in [1.807, 2.05) is 18.7 Å². The number of imidazole rings is 1. The lowest BCUT2D eigenvalue weighted by molar-refractivity contribution is -0.147. The summed E-state index contributed by atoms with van der Waals surface area (Å²) < 4.78 is 12.7. The first-order chi connectivity index (χ1) is 13.4. The van der Waals surface area contributed by atoms with Crippen LogP contribution in [0.3, 0.4) is 0 Å². The van der Waals surface area contributed by atoms with E-state index in [0.717, 1.165) is 0 Å². The van der Waals surface area contributed by atoms with Crippen molar-refractivity contribution in [1.29, 1.82) is 0 Å². The molecule has 3 heterocycles. The molecule has 0 saturated carbocycles. The zero-order valence-corrected chi connectivity index (χ0v) is 16.3. The minimum absolute atomic E-state index is 0.0251. The highest BCUT2D eigenvalue weighted by molar-refractivity contribution is 5.92. The molecule has 10 nitrogen and oxygen atoms in total. The van der Waals surface area contributed by atoms with Gasteiger partial charge < -0.3 is 28.9 Å². The molecule has 0 spiro atoms. The lowest BCUT2D eigenvalue weighted by Gasteiger charge is -2.45. The predicted molar refractivity (Wildman–Crippen MR) is 97.9 cm³/mol. The van der Waals surface area contributed by atoms with E-state index < -0.39 is 0 Å². The quantitative estimate of drug-likeness (QED) is 0.734. The van der Waals surface area contributed by atoms with Crippen LogP contribution < -0.4 is 0 Å². The van der Waals surface area contributed by atoms with Crippen molar-refractivity contribution in [3.05, 3.63) is 30.2 Å². The third-order valence-electron chi connectivity index (χ3n) is 4.88. The van der Waals surface area contributed by atoms with E-state index in [4.69, 9.17) is 19.4 Å². The van der Waals surface area contributed by atoms with Gasteiger partial charge in [0.1, 0.15) is 25.5 Å². The van der Waals surface area contributed by atoms with E-state index in [2.05, 4.69) is 4.98 Å². The van der Waals surface area contributed by atoms with Crippen molar-refractivity contribution in [3.8, 4) is 0 Å². The first-order valence-corrected chi connectivity index (χ1v) is 9.01. The van der Waals surface area contributed by atoms with E-state index in [0.29, 0.717) is 32.1 Å². The number of carbonyl (C=O) groups is 3. The topological polar surface area (TPSA) is 114 Å². The average Bonchev–Trinajstić information content (AvgIpc) is 3.17. The Balaban J connectivity index is 0.000000878. The minimum atomic E-state index is -0.250. The van der Waals surface area contributed by atoms with Crippen molar-refractivity contribution >= 4 is 18.3 Å². The summed E-state index contributed by atoms with van der Waals surface area (Å²) in [4.78, 5) is 41.3. The van der Waals surface area contributed by atoms with Crippen molar-refractivity contribution in [3.63, 3.8) is 0 Å². The Morgan fingerprint density at radius 3 is 2.43 bits per heavy atom. The van der Waals surface area contributed by atoms with Gasteiger partial charge in [0.2, 0.25) is 11.7 Å². The molecule has 3 rings (SSSR count). The minimum Gasteiger partial charge on any atom is -0.491 e. The fourth-order valence-corrected chi connectivity index (χ4v) is 3.26. The number of carbonyl (C=O) groups excluding carboxylic acids is 2. The predicted octanol–water partition coefficient (Wildman–Crippen LogP) is 0.310. The fraction of sp³-hybridized carbons (Fsp3) is 0.556. The summed E-state index contributed by atoms with van der Waals surface area (Å²) in [5.74, 6) is 0.661. The molecule has 1 aromatic rings. The van der Waals surface area contributed by atoms with Gasteiger partial charge >= 0.3 is 0 Å². The number of carboxylic acid groups (broad SMARTS) is 1. The number of rotatable bonds is 3. The maximum absolute atomic E-state index is 12.8. The lowest BCUT2D eigenvalue weighted by Crippen LogP contribution is -2.61. The molecule has 2 aliphatic rings. The van der Waals surface area contributed by atoms with Gasteiger partial charge in [0.15, 0.2) is 0 Å². The Labute approximate surface area is 163 Å². The lowest BCUT2D eigenvalue weighted by atomic mass is 10.0. The van der Waals surface area contributed by atoms with Crippen molar-refractivity contribution in [1.82, 2.24) is 19.4 Å². The molecule has 0 aliphatic carbocycles. The van der Waals surface area contributed by atoms with Crippen molar-refractivity contribution in [2.75, 3.05) is 26.3 Å². The van der Waals surface area contributed by atoms with Gasteiger partial charge in [0.25, 0.3) is 12.4 Å². The summed E-state index contributed by atoms with van der Waals surface area (Å²) in [6.45, 7) is 7.49. The molecule has 28 heavy (non-hydrogen) atoms. The molecular weight excluding hydrogens is 368 g/mol. The van der Waals surface area contributed by atoms with Crippen LogP contribution in [-0.2, 0) is 30.4 Å². The van der Waals surface area contributed by atoms with Gasteiger partial charge in [0, 0.05) is 37.6 Å². The third kappa shape index (κ3) is 4.81. The first kappa shape index (κ1) is 21.3. The fourth-order valence-electron chi connectivity index (χ4n) is 3.26. The van der Waals surface area contributed by atoms with Gasteiger partial charge in [-0.05, 0) is 20.8 Å². The normalized spacial score (nSPS) is 21.8. The molecule has 2 amide bonds. The molecule has 0 bridgehead atoms.